The summed E-state index contributed by atoms with van der Waals surface area (Å²) in [6.07, 6.45) is 5.30. The highest BCUT2D eigenvalue weighted by molar-refractivity contribution is 7.80. The summed E-state index contributed by atoms with van der Waals surface area (Å²) >= 11 is 0. The summed E-state index contributed by atoms with van der Waals surface area (Å²) in [5.41, 5.74) is 1.07. The Labute approximate surface area is 219 Å². The maximum atomic E-state index is 13.8. The van der Waals surface area contributed by atoms with Gasteiger partial charge in [-0.15, -0.1) is 0 Å². The van der Waals surface area contributed by atoms with E-state index in [1.165, 1.54) is 10.6 Å². The van der Waals surface area contributed by atoms with Gasteiger partial charge < -0.3 is 10.6 Å². The molecule has 6 heteroatoms. The molecule has 5 nitrogen and oxygen atoms in total. The summed E-state index contributed by atoms with van der Waals surface area (Å²) in [4.78, 5) is 30.7. The molecule has 2 atom stereocenters. The van der Waals surface area contributed by atoms with Crippen molar-refractivity contribution in [2.45, 2.75) is 37.8 Å². The van der Waals surface area contributed by atoms with Crippen molar-refractivity contribution in [3.63, 3.8) is 0 Å². The van der Waals surface area contributed by atoms with Crippen LogP contribution < -0.4 is 26.5 Å². The van der Waals surface area contributed by atoms with E-state index in [9.17, 15) is 9.59 Å². The summed E-state index contributed by atoms with van der Waals surface area (Å²) in [5, 5.41) is 9.81. The first-order valence-electron chi connectivity index (χ1n) is 12.7. The maximum absolute atomic E-state index is 13.8. The highest BCUT2D eigenvalue weighted by Crippen LogP contribution is 2.34. The lowest BCUT2D eigenvalue weighted by Gasteiger charge is -2.33. The molecule has 0 bridgehead atoms. The fraction of sp³-hybridized carbons (Fsp3) is 0.194. The fourth-order valence-electron chi connectivity index (χ4n) is 4.90. The van der Waals surface area contributed by atoms with Crippen molar-refractivity contribution in [1.29, 1.82) is 0 Å². The van der Waals surface area contributed by atoms with Crippen LogP contribution in [-0.4, -0.2) is 28.9 Å². The summed E-state index contributed by atoms with van der Waals surface area (Å²) in [7, 11) is -0.917. The topological polar surface area (TPSA) is 71.1 Å². The van der Waals surface area contributed by atoms with E-state index in [2.05, 4.69) is 45.9 Å². The van der Waals surface area contributed by atoms with E-state index in [1.54, 1.807) is 24.4 Å². The second kappa shape index (κ2) is 11.9. The van der Waals surface area contributed by atoms with Crippen molar-refractivity contribution in [1.82, 2.24) is 15.6 Å². The smallest absolute Gasteiger partial charge is 0.270 e. The number of amides is 2. The number of nitrogens with zero attached hydrogens (tertiary/aromatic N) is 1. The third kappa shape index (κ3) is 5.95. The van der Waals surface area contributed by atoms with Crippen LogP contribution in [0.25, 0.3) is 0 Å². The molecular formula is C31H30N3O2P. The van der Waals surface area contributed by atoms with Gasteiger partial charge >= 0.3 is 0 Å². The van der Waals surface area contributed by atoms with Crippen LogP contribution in [0.4, 0.5) is 0 Å². The molecule has 1 aliphatic carbocycles. The van der Waals surface area contributed by atoms with Gasteiger partial charge in [-0.1, -0.05) is 97.8 Å². The summed E-state index contributed by atoms with van der Waals surface area (Å²) in [5.74, 6) is -0.303. The van der Waals surface area contributed by atoms with Gasteiger partial charge in [-0.2, -0.15) is 0 Å². The number of aromatic nitrogens is 1. The van der Waals surface area contributed by atoms with Crippen LogP contribution in [0.1, 0.15) is 46.5 Å². The Kier molecular flexibility index (Phi) is 8.02. The molecule has 1 aromatic heterocycles. The zero-order valence-corrected chi connectivity index (χ0v) is 21.5. The molecule has 2 N–H and O–H groups in total. The second-order valence-electron chi connectivity index (χ2n) is 9.18. The Bertz CT molecular complexity index is 1290. The standard InChI is InChI=1S/C31H30N3O2P/c35-30(33-26-18-8-9-19-27(26)34-31(36)28-20-11-12-22-32-28)25-17-7-10-21-29(25)37(23-13-3-1-4-14-23)24-15-5-2-6-16-24/h1-7,10-17,20-22,26-27H,8-9,18-19H2,(H,33,35)(H,34,36)/t26-,27-/m1/s1. The number of carbonyl (C=O) groups excluding carboxylic acids is 2. The Morgan fingerprint density at radius 3 is 1.78 bits per heavy atom. The molecule has 1 aliphatic rings. The van der Waals surface area contributed by atoms with Gasteiger partial charge in [-0.25, -0.2) is 0 Å². The van der Waals surface area contributed by atoms with Crippen LogP contribution in [0.2, 0.25) is 0 Å². The summed E-state index contributed by atoms with van der Waals surface area (Å²) in [6.45, 7) is 0. The van der Waals surface area contributed by atoms with Gasteiger partial charge in [0, 0.05) is 23.8 Å². The number of hydrogen-bond donors (Lipinski definition) is 2. The van der Waals surface area contributed by atoms with Gasteiger partial charge in [0.2, 0.25) is 0 Å². The van der Waals surface area contributed by atoms with E-state index in [1.807, 2.05) is 54.6 Å². The predicted octanol–water partition coefficient (Wildman–Crippen LogP) is 4.31. The lowest BCUT2D eigenvalue weighted by molar-refractivity contribution is 0.0860. The molecular weight excluding hydrogens is 477 g/mol. The molecule has 0 radical (unpaired) electrons. The molecule has 2 amide bonds. The van der Waals surface area contributed by atoms with E-state index in [0.717, 1.165) is 31.0 Å². The summed E-state index contributed by atoms with van der Waals surface area (Å²) < 4.78 is 0. The molecule has 0 unspecified atom stereocenters. The fourth-order valence-corrected chi connectivity index (χ4v) is 7.35. The van der Waals surface area contributed by atoms with Gasteiger partial charge in [0.25, 0.3) is 11.8 Å². The van der Waals surface area contributed by atoms with E-state index in [-0.39, 0.29) is 23.9 Å². The van der Waals surface area contributed by atoms with Crippen molar-refractivity contribution in [2.75, 3.05) is 0 Å². The Hall–Kier alpha value is -3.82. The quantitative estimate of drug-likeness (QED) is 0.366. The minimum Gasteiger partial charge on any atom is -0.347 e. The molecule has 5 rings (SSSR count). The molecule has 1 fully saturated rings. The van der Waals surface area contributed by atoms with Gasteiger partial charge in [0.05, 0.1) is 0 Å². The van der Waals surface area contributed by atoms with Crippen LogP contribution >= 0.6 is 7.92 Å². The van der Waals surface area contributed by atoms with Crippen molar-refractivity contribution in [3.8, 4) is 0 Å². The van der Waals surface area contributed by atoms with Gasteiger partial charge in [-0.3, -0.25) is 14.6 Å². The second-order valence-corrected chi connectivity index (χ2v) is 11.4. The molecule has 1 saturated carbocycles. The maximum Gasteiger partial charge on any atom is 0.270 e. The van der Waals surface area contributed by atoms with Crippen molar-refractivity contribution < 1.29 is 9.59 Å². The zero-order chi connectivity index (χ0) is 25.5. The van der Waals surface area contributed by atoms with E-state index >= 15 is 0 Å². The average molecular weight is 508 g/mol. The Morgan fingerprint density at radius 1 is 0.649 bits per heavy atom. The van der Waals surface area contributed by atoms with Crippen LogP contribution in [0.15, 0.2) is 109 Å². The van der Waals surface area contributed by atoms with Gasteiger partial charge in [-0.05, 0) is 54.9 Å². The Balaban J connectivity index is 1.41. The molecule has 4 aromatic rings. The molecule has 37 heavy (non-hydrogen) atoms. The predicted molar refractivity (Wildman–Crippen MR) is 150 cm³/mol. The first-order valence-corrected chi connectivity index (χ1v) is 14.1. The van der Waals surface area contributed by atoms with Gasteiger partial charge in [0.15, 0.2) is 0 Å². The first-order chi connectivity index (χ1) is 18.2. The lowest BCUT2D eigenvalue weighted by atomic mass is 9.90. The minimum atomic E-state index is -0.917. The molecule has 0 saturated heterocycles. The number of carbonyl (C=O) groups is 2. The van der Waals surface area contributed by atoms with Crippen LogP contribution in [-0.2, 0) is 0 Å². The highest BCUT2D eigenvalue weighted by atomic mass is 31.1. The van der Waals surface area contributed by atoms with Crippen molar-refractivity contribution in [3.05, 3.63) is 121 Å². The number of nitrogens with one attached hydrogen (secondary N) is 2. The normalized spacial score (nSPS) is 17.2. The van der Waals surface area contributed by atoms with Crippen LogP contribution in [0, 0.1) is 0 Å². The van der Waals surface area contributed by atoms with E-state index < -0.39 is 7.92 Å². The van der Waals surface area contributed by atoms with Crippen molar-refractivity contribution in [2.24, 2.45) is 0 Å². The summed E-state index contributed by atoms with van der Waals surface area (Å²) in [6, 6.07) is 33.7. The van der Waals surface area contributed by atoms with Crippen LogP contribution in [0.3, 0.4) is 0 Å². The molecule has 186 valence electrons. The number of pyridine rings is 1. The third-order valence-corrected chi connectivity index (χ3v) is 9.22. The molecule has 0 spiro atoms. The van der Waals surface area contributed by atoms with Crippen LogP contribution in [0.5, 0.6) is 0 Å². The van der Waals surface area contributed by atoms with E-state index in [0.29, 0.717) is 11.3 Å². The number of rotatable bonds is 7. The highest BCUT2D eigenvalue weighted by Gasteiger charge is 2.30. The number of benzene rings is 3. The monoisotopic (exact) mass is 507 g/mol. The minimum absolute atomic E-state index is 0.0982. The van der Waals surface area contributed by atoms with Gasteiger partial charge in [0.1, 0.15) is 5.69 Å². The average Bonchev–Trinajstić information content (AvgIpc) is 2.96. The van der Waals surface area contributed by atoms with Crippen molar-refractivity contribution >= 4 is 35.6 Å². The Morgan fingerprint density at radius 2 is 1.19 bits per heavy atom. The third-order valence-electron chi connectivity index (χ3n) is 6.71. The number of hydrogen-bond acceptors (Lipinski definition) is 3. The molecule has 0 aliphatic heterocycles. The zero-order valence-electron chi connectivity index (χ0n) is 20.6. The SMILES string of the molecule is O=C(N[C@@H]1CCCC[C@H]1NC(=O)c1ccccc1P(c1ccccc1)c1ccccc1)c1ccccn1. The first kappa shape index (κ1) is 24.9. The lowest BCUT2D eigenvalue weighted by Crippen LogP contribution is -2.53. The molecule has 1 heterocycles. The largest absolute Gasteiger partial charge is 0.347 e. The molecule has 3 aromatic carbocycles. The van der Waals surface area contributed by atoms with E-state index in [4.69, 9.17) is 0 Å².